The molecule has 6 rings (SSSR count). The molecule has 1 aliphatic heterocycles. The van der Waals surface area contributed by atoms with Gasteiger partial charge in [-0.3, -0.25) is 0 Å². The summed E-state index contributed by atoms with van der Waals surface area (Å²) in [6.45, 7) is 1.57. The number of imidazole rings is 2. The van der Waals surface area contributed by atoms with Gasteiger partial charge in [-0.15, -0.1) is 0 Å². The molecule has 7 nitrogen and oxygen atoms in total. The Kier molecular flexibility index (Phi) is 4.65. The second-order valence-electron chi connectivity index (χ2n) is 8.31. The van der Waals surface area contributed by atoms with E-state index in [-0.39, 0.29) is 6.10 Å². The number of H-pyrrole nitrogens is 1. The summed E-state index contributed by atoms with van der Waals surface area (Å²) < 4.78 is 7.51. The molecule has 1 saturated carbocycles. The van der Waals surface area contributed by atoms with Crippen LogP contribution in [0.25, 0.3) is 28.2 Å². The summed E-state index contributed by atoms with van der Waals surface area (Å²) in [6.07, 6.45) is 8.66. The van der Waals surface area contributed by atoms with Gasteiger partial charge < -0.3 is 15.0 Å². The van der Waals surface area contributed by atoms with Crippen molar-refractivity contribution >= 4 is 22.9 Å². The topological polar surface area (TPSA) is 80.1 Å². The summed E-state index contributed by atoms with van der Waals surface area (Å²) in [5.74, 6) is 1.72. The average molecular weight is 435 g/mol. The highest BCUT2D eigenvalue weighted by molar-refractivity contribution is 6.29. The molecule has 2 fully saturated rings. The maximum absolute atomic E-state index is 6.33. The number of nitrogens with one attached hydrogen (secondary N) is 2. The van der Waals surface area contributed by atoms with Crippen LogP contribution in [0.4, 0.5) is 5.69 Å². The normalized spacial score (nSPS) is 18.7. The van der Waals surface area contributed by atoms with Crippen LogP contribution in [0.15, 0.2) is 42.7 Å². The van der Waals surface area contributed by atoms with Crippen LogP contribution in [-0.4, -0.2) is 43.8 Å². The Labute approximate surface area is 184 Å². The van der Waals surface area contributed by atoms with Gasteiger partial charge in [-0.2, -0.15) is 5.10 Å². The van der Waals surface area contributed by atoms with Gasteiger partial charge in [-0.1, -0.05) is 35.9 Å². The SMILES string of the molecule is Clc1cc(NC[C@H]2CCCO2)c2ncc(-c3ccc(-c4cnc(C5CC5)[nH]4)cc3)n2n1. The Hall–Kier alpha value is -2.90. The van der Waals surface area contributed by atoms with Crippen LogP contribution < -0.4 is 5.32 Å². The van der Waals surface area contributed by atoms with Gasteiger partial charge in [-0.05, 0) is 31.2 Å². The third kappa shape index (κ3) is 3.68. The highest BCUT2D eigenvalue weighted by Gasteiger charge is 2.26. The van der Waals surface area contributed by atoms with Gasteiger partial charge in [0.25, 0.3) is 0 Å². The molecule has 0 amide bonds. The van der Waals surface area contributed by atoms with Crippen LogP contribution >= 0.6 is 11.6 Å². The monoisotopic (exact) mass is 434 g/mol. The number of fused-ring (bicyclic) bond motifs is 1. The lowest BCUT2D eigenvalue weighted by atomic mass is 10.1. The lowest BCUT2D eigenvalue weighted by Crippen LogP contribution is -2.19. The first-order valence-electron chi connectivity index (χ1n) is 10.8. The Balaban J connectivity index is 1.28. The van der Waals surface area contributed by atoms with E-state index >= 15 is 0 Å². The zero-order chi connectivity index (χ0) is 20.8. The maximum Gasteiger partial charge on any atom is 0.177 e. The molecule has 1 aromatic carbocycles. The molecule has 0 bridgehead atoms. The lowest BCUT2D eigenvalue weighted by molar-refractivity contribution is 0.120. The van der Waals surface area contributed by atoms with Gasteiger partial charge in [0.15, 0.2) is 10.8 Å². The minimum absolute atomic E-state index is 0.233. The first kappa shape index (κ1) is 18.8. The molecule has 2 aliphatic rings. The Bertz CT molecular complexity index is 1220. The van der Waals surface area contributed by atoms with Gasteiger partial charge in [0, 0.05) is 30.7 Å². The molecule has 0 unspecified atom stereocenters. The molecule has 158 valence electrons. The molecule has 4 aromatic rings. The summed E-state index contributed by atoms with van der Waals surface area (Å²) in [5.41, 5.74) is 5.70. The standard InChI is InChI=1S/C23H23ClN6O/c24-21-10-18(25-11-17-2-1-9-31-17)23-27-13-20(30(23)29-21)15-5-3-14(4-6-15)19-12-26-22(28-19)16-7-8-16/h3-6,10,12-13,16-17,25H,1-2,7-9,11H2,(H,26,28)/t17-/m1/s1. The largest absolute Gasteiger partial charge is 0.379 e. The van der Waals surface area contributed by atoms with E-state index in [1.165, 1.54) is 12.8 Å². The maximum atomic E-state index is 6.33. The predicted octanol–water partition coefficient (Wildman–Crippen LogP) is 4.91. The Morgan fingerprint density at radius 1 is 1.10 bits per heavy atom. The first-order chi connectivity index (χ1) is 15.2. The van der Waals surface area contributed by atoms with E-state index in [1.807, 2.05) is 18.5 Å². The second kappa shape index (κ2) is 7.66. The van der Waals surface area contributed by atoms with Crippen molar-refractivity contribution < 1.29 is 4.74 Å². The Morgan fingerprint density at radius 3 is 2.71 bits per heavy atom. The van der Waals surface area contributed by atoms with Gasteiger partial charge >= 0.3 is 0 Å². The van der Waals surface area contributed by atoms with Crippen LogP contribution in [0.2, 0.25) is 5.15 Å². The van der Waals surface area contributed by atoms with Crippen molar-refractivity contribution in [1.82, 2.24) is 24.6 Å². The van der Waals surface area contributed by atoms with E-state index in [2.05, 4.69) is 49.6 Å². The van der Waals surface area contributed by atoms with Crippen molar-refractivity contribution in [2.75, 3.05) is 18.5 Å². The molecular formula is C23H23ClN6O. The summed E-state index contributed by atoms with van der Waals surface area (Å²) in [7, 11) is 0. The molecule has 3 aromatic heterocycles. The number of benzene rings is 1. The van der Waals surface area contributed by atoms with Crippen molar-refractivity contribution in [3.8, 4) is 22.5 Å². The van der Waals surface area contributed by atoms with Crippen LogP contribution in [0.1, 0.15) is 37.4 Å². The van der Waals surface area contributed by atoms with Crippen molar-refractivity contribution in [1.29, 1.82) is 0 Å². The predicted molar refractivity (Wildman–Crippen MR) is 120 cm³/mol. The smallest absolute Gasteiger partial charge is 0.177 e. The van der Waals surface area contributed by atoms with Crippen LogP contribution in [-0.2, 0) is 4.74 Å². The quantitative estimate of drug-likeness (QED) is 0.450. The van der Waals surface area contributed by atoms with Crippen LogP contribution in [0.5, 0.6) is 0 Å². The molecule has 1 aliphatic carbocycles. The lowest BCUT2D eigenvalue weighted by Gasteiger charge is -2.13. The fourth-order valence-corrected chi connectivity index (χ4v) is 4.35. The molecule has 0 spiro atoms. The molecule has 0 radical (unpaired) electrons. The van der Waals surface area contributed by atoms with E-state index in [0.717, 1.165) is 65.7 Å². The third-order valence-corrected chi connectivity index (χ3v) is 6.22. The summed E-state index contributed by atoms with van der Waals surface area (Å²) in [5, 5.41) is 8.35. The number of anilines is 1. The van der Waals surface area contributed by atoms with Gasteiger partial charge in [-0.25, -0.2) is 14.5 Å². The zero-order valence-corrected chi connectivity index (χ0v) is 17.8. The number of hydrogen-bond acceptors (Lipinski definition) is 5. The molecule has 31 heavy (non-hydrogen) atoms. The minimum Gasteiger partial charge on any atom is -0.379 e. The molecule has 8 heteroatoms. The highest BCUT2D eigenvalue weighted by atomic mass is 35.5. The minimum atomic E-state index is 0.233. The fourth-order valence-electron chi connectivity index (χ4n) is 4.16. The third-order valence-electron chi connectivity index (χ3n) is 6.03. The van der Waals surface area contributed by atoms with Crippen LogP contribution in [0, 0.1) is 0 Å². The summed E-state index contributed by atoms with van der Waals surface area (Å²) in [6, 6.07) is 10.2. The van der Waals surface area contributed by atoms with Gasteiger partial charge in [0.05, 0.1) is 35.6 Å². The zero-order valence-electron chi connectivity index (χ0n) is 17.0. The number of nitrogens with zero attached hydrogens (tertiary/aromatic N) is 4. The molecule has 4 heterocycles. The van der Waals surface area contributed by atoms with E-state index < -0.39 is 0 Å². The van der Waals surface area contributed by atoms with Crippen molar-refractivity contribution in [3.63, 3.8) is 0 Å². The number of aromatic nitrogens is 5. The number of hydrogen-bond donors (Lipinski definition) is 2. The fraction of sp³-hybridized carbons (Fsp3) is 0.348. The summed E-state index contributed by atoms with van der Waals surface area (Å²) >= 11 is 6.33. The van der Waals surface area contributed by atoms with Gasteiger partial charge in [0.2, 0.25) is 0 Å². The van der Waals surface area contributed by atoms with Crippen molar-refractivity contribution in [2.24, 2.45) is 0 Å². The number of ether oxygens (including phenoxy) is 1. The molecule has 1 saturated heterocycles. The van der Waals surface area contributed by atoms with Gasteiger partial charge in [0.1, 0.15) is 5.82 Å². The van der Waals surface area contributed by atoms with Crippen LogP contribution in [0.3, 0.4) is 0 Å². The molecular weight excluding hydrogens is 412 g/mol. The average Bonchev–Trinajstić information content (AvgIpc) is 3.19. The second-order valence-corrected chi connectivity index (χ2v) is 8.70. The number of rotatable bonds is 6. The first-order valence-corrected chi connectivity index (χ1v) is 11.2. The molecule has 1 atom stereocenters. The van der Waals surface area contributed by atoms with E-state index in [4.69, 9.17) is 16.3 Å². The van der Waals surface area contributed by atoms with E-state index in [9.17, 15) is 0 Å². The number of aromatic amines is 1. The number of halogens is 1. The highest BCUT2D eigenvalue weighted by Crippen LogP contribution is 2.39. The van der Waals surface area contributed by atoms with E-state index in [0.29, 0.717) is 11.1 Å². The molecule has 2 N–H and O–H groups in total. The van der Waals surface area contributed by atoms with Crippen molar-refractivity contribution in [3.05, 3.63) is 53.7 Å². The van der Waals surface area contributed by atoms with E-state index in [1.54, 1.807) is 4.52 Å². The Morgan fingerprint density at radius 2 is 1.94 bits per heavy atom. The summed E-state index contributed by atoms with van der Waals surface area (Å²) in [4.78, 5) is 12.6. The van der Waals surface area contributed by atoms with Crippen molar-refractivity contribution in [2.45, 2.75) is 37.7 Å².